The standard InChI is InChI=1S/C26H35FN6O2/c1-34-14-11-29-19-5-7-20(8-6-19)32-25-15-21(22(27)16-30-25)23-3-2-4-24(33-23)31-18-26(17-28)9-12-35-13-10-26/h2-4,15-16,19-20,29H,5-14,18H2,1H3,(H,30,32)(H,31,33). The van der Waals surface area contributed by atoms with Gasteiger partial charge in [0.05, 0.1) is 30.0 Å². The summed E-state index contributed by atoms with van der Waals surface area (Å²) in [4.78, 5) is 8.89. The van der Waals surface area contributed by atoms with E-state index in [4.69, 9.17) is 9.47 Å². The molecular formula is C26H35FN6O2. The minimum Gasteiger partial charge on any atom is -0.383 e. The van der Waals surface area contributed by atoms with Gasteiger partial charge in [-0.15, -0.1) is 0 Å². The zero-order chi connectivity index (χ0) is 24.5. The molecule has 2 aliphatic rings. The fourth-order valence-corrected chi connectivity index (χ4v) is 4.76. The SMILES string of the molecule is COCCNC1CCC(Nc2cc(-c3cccc(NCC4(C#N)CCOCC4)n3)c(F)cn2)CC1. The lowest BCUT2D eigenvalue weighted by Crippen LogP contribution is -2.38. The number of pyridine rings is 2. The van der Waals surface area contributed by atoms with Gasteiger partial charge in [0.1, 0.15) is 11.6 Å². The molecule has 2 aromatic heterocycles. The molecule has 9 heteroatoms. The van der Waals surface area contributed by atoms with Crippen LogP contribution in [0.25, 0.3) is 11.3 Å². The highest BCUT2D eigenvalue weighted by Crippen LogP contribution is 2.31. The normalized spacial score (nSPS) is 21.7. The van der Waals surface area contributed by atoms with Gasteiger partial charge in [0.25, 0.3) is 0 Å². The summed E-state index contributed by atoms with van der Waals surface area (Å²) in [7, 11) is 1.71. The van der Waals surface area contributed by atoms with Crippen molar-refractivity contribution in [2.75, 3.05) is 50.7 Å². The highest BCUT2D eigenvalue weighted by atomic mass is 19.1. The number of rotatable bonds is 10. The van der Waals surface area contributed by atoms with Gasteiger partial charge < -0.3 is 25.4 Å². The first kappa shape index (κ1) is 25.3. The Morgan fingerprint density at radius 3 is 2.69 bits per heavy atom. The number of hydrogen-bond acceptors (Lipinski definition) is 8. The molecule has 0 bridgehead atoms. The van der Waals surface area contributed by atoms with Crippen LogP contribution in [-0.2, 0) is 9.47 Å². The summed E-state index contributed by atoms with van der Waals surface area (Å²) in [6.07, 6.45) is 6.86. The van der Waals surface area contributed by atoms with Crippen LogP contribution in [0.15, 0.2) is 30.5 Å². The van der Waals surface area contributed by atoms with Crippen LogP contribution < -0.4 is 16.0 Å². The van der Waals surface area contributed by atoms with Crippen LogP contribution >= 0.6 is 0 Å². The van der Waals surface area contributed by atoms with E-state index in [2.05, 4.69) is 32.0 Å². The quantitative estimate of drug-likeness (QED) is 0.437. The van der Waals surface area contributed by atoms with E-state index in [0.717, 1.165) is 38.8 Å². The van der Waals surface area contributed by atoms with Gasteiger partial charge in [-0.25, -0.2) is 14.4 Å². The van der Waals surface area contributed by atoms with E-state index < -0.39 is 11.2 Å². The third-order valence-electron chi connectivity index (χ3n) is 6.99. The van der Waals surface area contributed by atoms with Crippen LogP contribution in [0.4, 0.5) is 16.0 Å². The van der Waals surface area contributed by atoms with Gasteiger partial charge in [-0.1, -0.05) is 6.07 Å². The second kappa shape index (κ2) is 12.2. The van der Waals surface area contributed by atoms with Gasteiger partial charge in [-0.2, -0.15) is 5.26 Å². The first-order valence-corrected chi connectivity index (χ1v) is 12.5. The topological polar surface area (TPSA) is 104 Å². The van der Waals surface area contributed by atoms with E-state index in [0.29, 0.717) is 67.6 Å². The van der Waals surface area contributed by atoms with Gasteiger partial charge in [0, 0.05) is 51.1 Å². The molecule has 1 saturated carbocycles. The Kier molecular flexibility index (Phi) is 8.85. The number of anilines is 2. The molecule has 188 valence electrons. The van der Waals surface area contributed by atoms with Crippen LogP contribution in [0.1, 0.15) is 38.5 Å². The summed E-state index contributed by atoms with van der Waals surface area (Å²) in [5.41, 5.74) is 0.469. The number of methoxy groups -OCH3 is 1. The van der Waals surface area contributed by atoms with Gasteiger partial charge >= 0.3 is 0 Å². The van der Waals surface area contributed by atoms with Gasteiger partial charge in [0.15, 0.2) is 5.82 Å². The van der Waals surface area contributed by atoms with E-state index in [9.17, 15) is 9.65 Å². The summed E-state index contributed by atoms with van der Waals surface area (Å²) in [6, 6.07) is 10.5. The molecule has 4 rings (SSSR count). The smallest absolute Gasteiger partial charge is 0.151 e. The number of nitriles is 1. The van der Waals surface area contributed by atoms with Crippen LogP contribution in [0, 0.1) is 22.6 Å². The number of hydrogen-bond donors (Lipinski definition) is 3. The molecule has 0 spiro atoms. The van der Waals surface area contributed by atoms with Crippen molar-refractivity contribution in [2.24, 2.45) is 5.41 Å². The Hall–Kier alpha value is -2.80. The van der Waals surface area contributed by atoms with Crippen molar-refractivity contribution in [3.63, 3.8) is 0 Å². The fourth-order valence-electron chi connectivity index (χ4n) is 4.76. The molecule has 0 unspecified atom stereocenters. The maximum atomic E-state index is 14.7. The first-order valence-electron chi connectivity index (χ1n) is 12.5. The molecular weight excluding hydrogens is 447 g/mol. The van der Waals surface area contributed by atoms with E-state index in [1.165, 1.54) is 6.20 Å². The summed E-state index contributed by atoms with van der Waals surface area (Å²) in [5.74, 6) is 0.862. The minimum atomic E-state index is -0.465. The molecule has 3 heterocycles. The highest BCUT2D eigenvalue weighted by molar-refractivity contribution is 5.65. The first-order chi connectivity index (χ1) is 17.1. The highest BCUT2D eigenvalue weighted by Gasteiger charge is 2.32. The zero-order valence-corrected chi connectivity index (χ0v) is 20.4. The lowest BCUT2D eigenvalue weighted by atomic mass is 9.82. The molecule has 3 N–H and O–H groups in total. The van der Waals surface area contributed by atoms with E-state index in [-0.39, 0.29) is 0 Å². The van der Waals surface area contributed by atoms with Crippen molar-refractivity contribution in [2.45, 2.75) is 50.6 Å². The monoisotopic (exact) mass is 482 g/mol. The minimum absolute atomic E-state index is 0.309. The molecule has 8 nitrogen and oxygen atoms in total. The fraction of sp³-hybridized carbons (Fsp3) is 0.577. The maximum Gasteiger partial charge on any atom is 0.151 e. The molecule has 1 saturated heterocycles. The van der Waals surface area contributed by atoms with Gasteiger partial charge in [-0.05, 0) is 56.7 Å². The van der Waals surface area contributed by atoms with E-state index >= 15 is 0 Å². The Morgan fingerprint density at radius 1 is 1.17 bits per heavy atom. The predicted octanol–water partition coefficient (Wildman–Crippen LogP) is 3.97. The number of nitrogens with zero attached hydrogens (tertiary/aromatic N) is 3. The van der Waals surface area contributed by atoms with Crippen molar-refractivity contribution in [1.82, 2.24) is 15.3 Å². The van der Waals surface area contributed by atoms with Crippen molar-refractivity contribution >= 4 is 11.6 Å². The Balaban J connectivity index is 1.38. The van der Waals surface area contributed by atoms with Crippen LogP contribution in [-0.4, -0.2) is 62.1 Å². The van der Waals surface area contributed by atoms with E-state index in [1.807, 2.05) is 12.1 Å². The van der Waals surface area contributed by atoms with Crippen molar-refractivity contribution < 1.29 is 13.9 Å². The summed E-state index contributed by atoms with van der Waals surface area (Å²) < 4.78 is 25.2. The number of ether oxygens (including phenoxy) is 2. The largest absolute Gasteiger partial charge is 0.383 e. The summed E-state index contributed by atoms with van der Waals surface area (Å²) in [5, 5.41) is 20.0. The predicted molar refractivity (Wildman–Crippen MR) is 134 cm³/mol. The lowest BCUT2D eigenvalue weighted by molar-refractivity contribution is 0.0455. The number of nitrogens with one attached hydrogen (secondary N) is 3. The molecule has 35 heavy (non-hydrogen) atoms. The summed E-state index contributed by atoms with van der Waals surface area (Å²) >= 11 is 0. The number of halogens is 1. The average Bonchev–Trinajstić information content (AvgIpc) is 2.90. The molecule has 2 aromatic rings. The molecule has 0 atom stereocenters. The van der Waals surface area contributed by atoms with Crippen LogP contribution in [0.3, 0.4) is 0 Å². The maximum absolute atomic E-state index is 14.7. The molecule has 1 aliphatic heterocycles. The van der Waals surface area contributed by atoms with Crippen LogP contribution in [0.5, 0.6) is 0 Å². The van der Waals surface area contributed by atoms with Crippen molar-refractivity contribution in [1.29, 1.82) is 5.26 Å². The van der Waals surface area contributed by atoms with Crippen molar-refractivity contribution in [3.8, 4) is 17.3 Å². The molecule has 0 amide bonds. The third-order valence-corrected chi connectivity index (χ3v) is 6.99. The molecule has 2 fully saturated rings. The zero-order valence-electron chi connectivity index (χ0n) is 20.4. The van der Waals surface area contributed by atoms with Crippen molar-refractivity contribution in [3.05, 3.63) is 36.3 Å². The van der Waals surface area contributed by atoms with E-state index in [1.54, 1.807) is 19.2 Å². The third kappa shape index (κ3) is 6.88. The number of aromatic nitrogens is 2. The van der Waals surface area contributed by atoms with Gasteiger partial charge in [-0.3, -0.25) is 0 Å². The Bertz CT molecular complexity index is 1000. The van der Waals surface area contributed by atoms with Gasteiger partial charge in [0.2, 0.25) is 0 Å². The lowest BCUT2D eigenvalue weighted by Gasteiger charge is -2.30. The second-order valence-electron chi connectivity index (χ2n) is 9.46. The Labute approximate surface area is 206 Å². The average molecular weight is 483 g/mol. The summed E-state index contributed by atoms with van der Waals surface area (Å²) in [6.45, 7) is 3.26. The molecule has 0 aromatic carbocycles. The molecule has 0 radical (unpaired) electrons. The Morgan fingerprint density at radius 2 is 1.94 bits per heavy atom. The van der Waals surface area contributed by atoms with Crippen LogP contribution in [0.2, 0.25) is 0 Å². The second-order valence-corrected chi connectivity index (χ2v) is 9.46. The molecule has 1 aliphatic carbocycles.